The Bertz CT molecular complexity index is 621. The Morgan fingerprint density at radius 2 is 2.16 bits per heavy atom. The molecule has 1 aliphatic rings. The molecule has 1 aromatic heterocycles. The number of aromatic carboxylic acids is 1. The Morgan fingerprint density at radius 3 is 2.58 bits per heavy atom. The second-order valence-corrected chi connectivity index (χ2v) is 9.25. The van der Waals surface area contributed by atoms with Crippen LogP contribution >= 0.6 is 27.3 Å². The predicted octanol–water partition coefficient (Wildman–Crippen LogP) is 2.77. The summed E-state index contributed by atoms with van der Waals surface area (Å²) in [6.07, 6.45) is 1.62. The van der Waals surface area contributed by atoms with E-state index in [2.05, 4.69) is 15.9 Å². The van der Waals surface area contributed by atoms with Gasteiger partial charge in [0.05, 0.1) is 3.79 Å². The lowest BCUT2D eigenvalue weighted by Crippen LogP contribution is -2.42. The molecule has 0 unspecified atom stereocenters. The van der Waals surface area contributed by atoms with E-state index in [9.17, 15) is 13.2 Å². The van der Waals surface area contributed by atoms with Gasteiger partial charge in [0.1, 0.15) is 9.77 Å². The first kappa shape index (κ1) is 15.0. The van der Waals surface area contributed by atoms with Crippen LogP contribution in [0.25, 0.3) is 0 Å². The molecule has 2 heterocycles. The fraction of sp³-hybridized carbons (Fsp3) is 0.545. The number of rotatable bonds is 3. The summed E-state index contributed by atoms with van der Waals surface area (Å²) in [6, 6.07) is 1.22. The van der Waals surface area contributed by atoms with Crippen LogP contribution in [-0.4, -0.2) is 35.9 Å². The van der Waals surface area contributed by atoms with Crippen molar-refractivity contribution >= 4 is 43.3 Å². The molecule has 19 heavy (non-hydrogen) atoms. The molecule has 106 valence electrons. The summed E-state index contributed by atoms with van der Waals surface area (Å²) >= 11 is 4.07. The van der Waals surface area contributed by atoms with Crippen molar-refractivity contribution in [3.8, 4) is 0 Å². The zero-order chi connectivity index (χ0) is 14.4. The van der Waals surface area contributed by atoms with Crippen molar-refractivity contribution in [3.05, 3.63) is 14.7 Å². The normalized spacial score (nSPS) is 19.7. The molecule has 0 aromatic carbocycles. The monoisotopic (exact) mass is 367 g/mol. The zero-order valence-electron chi connectivity index (χ0n) is 10.5. The Morgan fingerprint density at radius 1 is 1.53 bits per heavy atom. The van der Waals surface area contributed by atoms with Crippen LogP contribution in [0.2, 0.25) is 0 Å². The van der Waals surface area contributed by atoms with Gasteiger partial charge >= 0.3 is 5.97 Å². The number of halogens is 1. The molecule has 5 nitrogen and oxygen atoms in total. The smallest absolute Gasteiger partial charge is 0.345 e. The van der Waals surface area contributed by atoms with Crippen molar-refractivity contribution in [1.82, 2.24) is 4.31 Å². The van der Waals surface area contributed by atoms with Crippen LogP contribution in [-0.2, 0) is 10.0 Å². The van der Waals surface area contributed by atoms with Gasteiger partial charge in [-0.05, 0) is 48.7 Å². The highest BCUT2D eigenvalue weighted by molar-refractivity contribution is 9.11. The largest absolute Gasteiger partial charge is 0.477 e. The standard InChI is InChI=1S/C11H14BrNO4S2/c1-11(2)4-3-5-13(11)19(16,17)8-6-7(10(14)15)18-9(8)12/h6H,3-5H2,1-2H3,(H,14,15). The molecule has 8 heteroatoms. The molecule has 0 aliphatic carbocycles. The molecule has 1 aromatic rings. The average Bonchev–Trinajstić information content (AvgIpc) is 2.81. The van der Waals surface area contributed by atoms with E-state index < -0.39 is 21.5 Å². The predicted molar refractivity (Wildman–Crippen MR) is 76.2 cm³/mol. The highest BCUT2D eigenvalue weighted by Crippen LogP contribution is 2.39. The molecule has 1 aliphatic heterocycles. The van der Waals surface area contributed by atoms with Crippen LogP contribution in [0.1, 0.15) is 36.4 Å². The Labute approximate surface area is 124 Å². The van der Waals surface area contributed by atoms with Gasteiger partial charge in [0.25, 0.3) is 0 Å². The van der Waals surface area contributed by atoms with Crippen molar-refractivity contribution < 1.29 is 18.3 Å². The van der Waals surface area contributed by atoms with Crippen molar-refractivity contribution in [2.24, 2.45) is 0 Å². The van der Waals surface area contributed by atoms with E-state index in [1.807, 2.05) is 13.8 Å². The summed E-state index contributed by atoms with van der Waals surface area (Å²) in [5.74, 6) is -1.12. The SMILES string of the molecule is CC1(C)CCCN1S(=O)(=O)c1cc(C(=O)O)sc1Br. The van der Waals surface area contributed by atoms with Crippen LogP contribution in [0.5, 0.6) is 0 Å². The molecule has 1 fully saturated rings. The van der Waals surface area contributed by atoms with E-state index in [0.717, 1.165) is 24.2 Å². The third kappa shape index (κ3) is 2.58. The van der Waals surface area contributed by atoms with Crippen LogP contribution in [0.15, 0.2) is 14.7 Å². The molecular weight excluding hydrogens is 354 g/mol. The second kappa shape index (κ2) is 4.83. The molecule has 0 saturated carbocycles. The molecular formula is C11H14BrNO4S2. The molecule has 0 amide bonds. The van der Waals surface area contributed by atoms with Gasteiger partial charge < -0.3 is 5.11 Å². The van der Waals surface area contributed by atoms with Crippen molar-refractivity contribution in [3.63, 3.8) is 0 Å². The molecule has 1 N–H and O–H groups in total. The second-order valence-electron chi connectivity index (χ2n) is 5.05. The van der Waals surface area contributed by atoms with Crippen molar-refractivity contribution in [2.75, 3.05) is 6.54 Å². The first-order chi connectivity index (χ1) is 8.66. The Balaban J connectivity index is 2.48. The van der Waals surface area contributed by atoms with E-state index in [4.69, 9.17) is 5.11 Å². The number of sulfonamides is 1. The number of hydrogen-bond donors (Lipinski definition) is 1. The summed E-state index contributed by atoms with van der Waals surface area (Å²) in [6.45, 7) is 4.24. The third-order valence-electron chi connectivity index (χ3n) is 3.26. The van der Waals surface area contributed by atoms with Gasteiger partial charge in [-0.2, -0.15) is 4.31 Å². The lowest BCUT2D eigenvalue weighted by atomic mass is 10.0. The van der Waals surface area contributed by atoms with Crippen LogP contribution < -0.4 is 0 Å². The van der Waals surface area contributed by atoms with E-state index in [-0.39, 0.29) is 9.77 Å². The minimum atomic E-state index is -3.66. The summed E-state index contributed by atoms with van der Waals surface area (Å²) in [7, 11) is -3.66. The number of hydrogen-bond acceptors (Lipinski definition) is 4. The van der Waals surface area contributed by atoms with E-state index in [0.29, 0.717) is 10.3 Å². The summed E-state index contributed by atoms with van der Waals surface area (Å²) in [5, 5.41) is 8.94. The number of nitrogens with zero attached hydrogens (tertiary/aromatic N) is 1. The van der Waals surface area contributed by atoms with Crippen LogP contribution in [0, 0.1) is 0 Å². The maximum atomic E-state index is 12.6. The van der Waals surface area contributed by atoms with Crippen LogP contribution in [0.3, 0.4) is 0 Å². The molecule has 0 bridgehead atoms. The van der Waals surface area contributed by atoms with Gasteiger partial charge in [0.15, 0.2) is 0 Å². The minimum absolute atomic E-state index is 0.0162. The number of carboxylic acids is 1. The average molecular weight is 368 g/mol. The number of carboxylic acid groups (broad SMARTS) is 1. The summed E-state index contributed by atoms with van der Waals surface area (Å²) < 4.78 is 27.0. The minimum Gasteiger partial charge on any atom is -0.477 e. The van der Waals surface area contributed by atoms with Gasteiger partial charge in [0, 0.05) is 12.1 Å². The fourth-order valence-electron chi connectivity index (χ4n) is 2.28. The third-order valence-corrected chi connectivity index (χ3v) is 7.61. The molecule has 2 rings (SSSR count). The van der Waals surface area contributed by atoms with Gasteiger partial charge in [0.2, 0.25) is 10.0 Å². The first-order valence-electron chi connectivity index (χ1n) is 5.72. The molecule has 1 saturated heterocycles. The number of carbonyl (C=O) groups is 1. The van der Waals surface area contributed by atoms with Crippen molar-refractivity contribution in [1.29, 1.82) is 0 Å². The lowest BCUT2D eigenvalue weighted by Gasteiger charge is -2.30. The van der Waals surface area contributed by atoms with Crippen molar-refractivity contribution in [2.45, 2.75) is 37.1 Å². The highest BCUT2D eigenvalue weighted by atomic mass is 79.9. The Hall–Kier alpha value is -0.440. The quantitative estimate of drug-likeness (QED) is 0.890. The van der Waals surface area contributed by atoms with E-state index in [1.54, 1.807) is 0 Å². The van der Waals surface area contributed by atoms with Gasteiger partial charge in [-0.25, -0.2) is 13.2 Å². The van der Waals surface area contributed by atoms with E-state index >= 15 is 0 Å². The van der Waals surface area contributed by atoms with Crippen LogP contribution in [0.4, 0.5) is 0 Å². The molecule has 0 atom stereocenters. The topological polar surface area (TPSA) is 74.7 Å². The first-order valence-corrected chi connectivity index (χ1v) is 8.77. The molecule has 0 spiro atoms. The summed E-state index contributed by atoms with van der Waals surface area (Å²) in [5.41, 5.74) is -0.427. The van der Waals surface area contributed by atoms with E-state index in [1.165, 1.54) is 10.4 Å². The maximum absolute atomic E-state index is 12.6. The van der Waals surface area contributed by atoms with Gasteiger partial charge in [-0.3, -0.25) is 0 Å². The maximum Gasteiger partial charge on any atom is 0.345 e. The molecule has 0 radical (unpaired) electrons. The van der Waals surface area contributed by atoms with Gasteiger partial charge in [-0.1, -0.05) is 0 Å². The van der Waals surface area contributed by atoms with Gasteiger partial charge in [-0.15, -0.1) is 11.3 Å². The summed E-state index contributed by atoms with van der Waals surface area (Å²) in [4.78, 5) is 11.0. The Kier molecular flexibility index (Phi) is 3.81. The highest BCUT2D eigenvalue weighted by Gasteiger charge is 2.42. The number of thiophene rings is 1. The lowest BCUT2D eigenvalue weighted by molar-refractivity contribution is 0.0702. The fourth-order valence-corrected chi connectivity index (χ4v) is 6.48. The zero-order valence-corrected chi connectivity index (χ0v) is 13.7.